The lowest BCUT2D eigenvalue weighted by molar-refractivity contribution is 0.289. The van der Waals surface area contributed by atoms with Crippen LogP contribution in [-0.2, 0) is 24.0 Å². The van der Waals surface area contributed by atoms with Gasteiger partial charge < -0.3 is 9.47 Å². The smallest absolute Gasteiger partial charge is 0.169 e. The van der Waals surface area contributed by atoms with E-state index in [1.54, 1.807) is 12.1 Å². The van der Waals surface area contributed by atoms with Crippen LogP contribution in [0, 0.1) is 5.82 Å². The third-order valence-corrected chi connectivity index (χ3v) is 5.50. The van der Waals surface area contributed by atoms with E-state index in [9.17, 15) is 8.60 Å². The van der Waals surface area contributed by atoms with Crippen LogP contribution in [0.5, 0.6) is 17.2 Å². The second kappa shape index (κ2) is 10.2. The van der Waals surface area contributed by atoms with Crippen LogP contribution >= 0.6 is 0 Å². The Bertz CT molecular complexity index is 979. The number of benzene rings is 3. The monoisotopic (exact) mass is 413 g/mol. The molecule has 0 radical (unpaired) electrons. The van der Waals surface area contributed by atoms with Gasteiger partial charge in [-0.15, -0.1) is 0 Å². The van der Waals surface area contributed by atoms with Crippen molar-refractivity contribution in [1.29, 1.82) is 0 Å². The highest BCUT2D eigenvalue weighted by molar-refractivity contribution is 7.83. The zero-order valence-electron chi connectivity index (χ0n) is 16.5. The Hall–Kier alpha value is -2.70. The van der Waals surface area contributed by atoms with Crippen LogP contribution in [0.4, 0.5) is 4.39 Å². The SMILES string of the molecule is CCNS(=O)c1ccc(Oc2ccc(CC)cc2OCc2ccccc2)c(F)c1. The average Bonchev–Trinajstić information content (AvgIpc) is 2.75. The van der Waals surface area contributed by atoms with Crippen molar-refractivity contribution in [2.24, 2.45) is 0 Å². The van der Waals surface area contributed by atoms with E-state index in [0.717, 1.165) is 17.5 Å². The van der Waals surface area contributed by atoms with E-state index in [1.807, 2.05) is 49.4 Å². The topological polar surface area (TPSA) is 47.6 Å². The Morgan fingerprint density at radius 1 is 0.897 bits per heavy atom. The van der Waals surface area contributed by atoms with Gasteiger partial charge in [-0.3, -0.25) is 0 Å². The Morgan fingerprint density at radius 2 is 1.66 bits per heavy atom. The molecule has 6 heteroatoms. The van der Waals surface area contributed by atoms with Crippen molar-refractivity contribution in [1.82, 2.24) is 4.72 Å². The van der Waals surface area contributed by atoms with Crippen molar-refractivity contribution in [2.75, 3.05) is 6.54 Å². The first-order chi connectivity index (χ1) is 14.1. The second-order valence-corrected chi connectivity index (χ2v) is 7.67. The number of aryl methyl sites for hydroxylation is 1. The summed E-state index contributed by atoms with van der Waals surface area (Å²) in [6, 6.07) is 19.7. The summed E-state index contributed by atoms with van der Waals surface area (Å²) in [7, 11) is -1.45. The minimum atomic E-state index is -1.45. The fourth-order valence-electron chi connectivity index (χ4n) is 2.72. The standard InChI is InChI=1S/C23H24FNO3S/c1-3-17-10-12-22(23(14-17)27-16-18-8-6-5-7-9-18)28-21-13-11-19(15-20(21)24)29(26)25-4-2/h5-15,25H,3-4,16H2,1-2H3. The van der Waals surface area contributed by atoms with Gasteiger partial charge in [-0.05, 0) is 47.9 Å². The maximum Gasteiger partial charge on any atom is 0.169 e. The predicted molar refractivity (Wildman–Crippen MR) is 113 cm³/mol. The fourth-order valence-corrected chi connectivity index (χ4v) is 3.55. The van der Waals surface area contributed by atoms with Crippen LogP contribution in [0.1, 0.15) is 25.0 Å². The van der Waals surface area contributed by atoms with Crippen molar-refractivity contribution in [3.63, 3.8) is 0 Å². The number of rotatable bonds is 9. The maximum atomic E-state index is 14.5. The van der Waals surface area contributed by atoms with E-state index in [1.165, 1.54) is 12.1 Å². The van der Waals surface area contributed by atoms with Crippen molar-refractivity contribution in [3.05, 3.63) is 83.7 Å². The molecule has 0 aliphatic carbocycles. The summed E-state index contributed by atoms with van der Waals surface area (Å²) in [6.45, 7) is 4.80. The quantitative estimate of drug-likeness (QED) is 0.512. The number of hydrogen-bond acceptors (Lipinski definition) is 3. The predicted octanol–water partition coefficient (Wildman–Crippen LogP) is 5.39. The van der Waals surface area contributed by atoms with E-state index < -0.39 is 16.8 Å². The normalized spacial score (nSPS) is 11.8. The largest absolute Gasteiger partial charge is 0.485 e. The Labute approximate surface area is 173 Å². The summed E-state index contributed by atoms with van der Waals surface area (Å²) in [6.07, 6.45) is 0.848. The Morgan fingerprint density at radius 3 is 2.34 bits per heavy atom. The third kappa shape index (κ3) is 5.65. The molecule has 4 nitrogen and oxygen atoms in total. The Balaban J connectivity index is 1.82. The molecule has 1 atom stereocenters. The van der Waals surface area contributed by atoms with Crippen molar-refractivity contribution >= 4 is 11.0 Å². The molecular weight excluding hydrogens is 389 g/mol. The number of nitrogens with one attached hydrogen (secondary N) is 1. The molecule has 152 valence electrons. The van der Waals surface area contributed by atoms with Gasteiger partial charge in [0.15, 0.2) is 23.1 Å². The van der Waals surface area contributed by atoms with Gasteiger partial charge in [0.25, 0.3) is 0 Å². The van der Waals surface area contributed by atoms with Gasteiger partial charge in [-0.2, -0.15) is 0 Å². The maximum absolute atomic E-state index is 14.5. The lowest BCUT2D eigenvalue weighted by Gasteiger charge is -2.15. The number of hydrogen-bond donors (Lipinski definition) is 1. The molecule has 0 amide bonds. The van der Waals surface area contributed by atoms with E-state index in [-0.39, 0.29) is 5.75 Å². The van der Waals surface area contributed by atoms with Crippen LogP contribution in [0.2, 0.25) is 0 Å². The summed E-state index contributed by atoms with van der Waals surface area (Å²) in [4.78, 5) is 0.360. The summed E-state index contributed by atoms with van der Waals surface area (Å²) in [5, 5.41) is 0. The van der Waals surface area contributed by atoms with E-state index >= 15 is 0 Å². The highest BCUT2D eigenvalue weighted by Crippen LogP contribution is 2.35. The highest BCUT2D eigenvalue weighted by Gasteiger charge is 2.13. The summed E-state index contributed by atoms with van der Waals surface area (Å²) < 4.78 is 41.0. The minimum Gasteiger partial charge on any atom is -0.485 e. The van der Waals surface area contributed by atoms with Crippen LogP contribution < -0.4 is 14.2 Å². The van der Waals surface area contributed by atoms with Crippen LogP contribution in [-0.4, -0.2) is 10.8 Å². The molecule has 0 spiro atoms. The van der Waals surface area contributed by atoms with Crippen molar-refractivity contribution < 1.29 is 18.1 Å². The molecule has 0 saturated heterocycles. The first-order valence-corrected chi connectivity index (χ1v) is 10.7. The molecule has 1 N–H and O–H groups in total. The molecule has 29 heavy (non-hydrogen) atoms. The van der Waals surface area contributed by atoms with Gasteiger partial charge in [-0.25, -0.2) is 13.3 Å². The minimum absolute atomic E-state index is 0.0519. The summed E-state index contributed by atoms with van der Waals surface area (Å²) in [5.41, 5.74) is 2.12. The van der Waals surface area contributed by atoms with Crippen molar-refractivity contribution in [2.45, 2.75) is 31.8 Å². The molecule has 0 heterocycles. The van der Waals surface area contributed by atoms with Gasteiger partial charge in [0.2, 0.25) is 0 Å². The average molecular weight is 414 g/mol. The van der Waals surface area contributed by atoms with Crippen molar-refractivity contribution in [3.8, 4) is 17.2 Å². The van der Waals surface area contributed by atoms with Gasteiger partial charge in [0.1, 0.15) is 17.6 Å². The molecule has 0 aromatic heterocycles. The second-order valence-electron chi connectivity index (χ2n) is 6.37. The van der Waals surface area contributed by atoms with Crippen LogP contribution in [0.25, 0.3) is 0 Å². The molecule has 0 aliphatic heterocycles. The summed E-state index contributed by atoms with van der Waals surface area (Å²) >= 11 is 0. The first kappa shape index (κ1) is 21.0. The van der Waals surface area contributed by atoms with Crippen LogP contribution in [0.3, 0.4) is 0 Å². The Kier molecular flexibility index (Phi) is 7.38. The number of halogens is 1. The zero-order valence-corrected chi connectivity index (χ0v) is 17.3. The first-order valence-electron chi connectivity index (χ1n) is 9.53. The van der Waals surface area contributed by atoms with Gasteiger partial charge >= 0.3 is 0 Å². The van der Waals surface area contributed by atoms with E-state index in [4.69, 9.17) is 9.47 Å². The molecular formula is C23H24FNO3S. The molecule has 0 fully saturated rings. The zero-order chi connectivity index (χ0) is 20.6. The van der Waals surface area contributed by atoms with E-state index in [2.05, 4.69) is 11.6 Å². The summed E-state index contributed by atoms with van der Waals surface area (Å²) in [5.74, 6) is 0.448. The molecule has 3 aromatic carbocycles. The molecule has 0 saturated carbocycles. The van der Waals surface area contributed by atoms with Gasteiger partial charge in [0.05, 0.1) is 4.90 Å². The lowest BCUT2D eigenvalue weighted by Crippen LogP contribution is -2.16. The van der Waals surface area contributed by atoms with Crippen LogP contribution in [0.15, 0.2) is 71.6 Å². The van der Waals surface area contributed by atoms with E-state index in [0.29, 0.717) is 29.5 Å². The van der Waals surface area contributed by atoms with Gasteiger partial charge in [0, 0.05) is 6.54 Å². The molecule has 3 rings (SSSR count). The fraction of sp³-hybridized carbons (Fsp3) is 0.217. The highest BCUT2D eigenvalue weighted by atomic mass is 32.2. The number of ether oxygens (including phenoxy) is 2. The lowest BCUT2D eigenvalue weighted by atomic mass is 10.1. The molecule has 0 bridgehead atoms. The molecule has 0 aliphatic rings. The molecule has 1 unspecified atom stereocenters. The van der Waals surface area contributed by atoms with Gasteiger partial charge in [-0.1, -0.05) is 50.2 Å². The molecule has 3 aromatic rings. The third-order valence-electron chi connectivity index (χ3n) is 4.27.